The summed E-state index contributed by atoms with van der Waals surface area (Å²) in [4.78, 5) is 13.5. The maximum Gasteiger partial charge on any atom is 0.416 e. The van der Waals surface area contributed by atoms with Gasteiger partial charge in [-0.2, -0.15) is 13.2 Å². The van der Waals surface area contributed by atoms with Gasteiger partial charge in [0.2, 0.25) is 0 Å². The van der Waals surface area contributed by atoms with Crippen LogP contribution in [0.15, 0.2) is 91.0 Å². The fourth-order valence-electron chi connectivity index (χ4n) is 7.26. The molecule has 0 aromatic heterocycles. The lowest BCUT2D eigenvalue weighted by Gasteiger charge is -2.45. The summed E-state index contributed by atoms with van der Waals surface area (Å²) in [6.07, 6.45) is -4.16. The first-order valence-corrected chi connectivity index (χ1v) is 14.3. The number of rotatable bonds is 5. The van der Waals surface area contributed by atoms with Crippen LogP contribution in [0.25, 0.3) is 11.1 Å². The van der Waals surface area contributed by atoms with Gasteiger partial charge in [0.05, 0.1) is 5.56 Å². The molecule has 0 saturated heterocycles. The molecule has 2 aliphatic rings. The molecule has 43 heavy (non-hydrogen) atoms. The molecule has 0 amide bonds. The Bertz CT molecular complexity index is 1670. The molecule has 1 heterocycles. The molecule has 3 nitrogen and oxygen atoms in total. The van der Waals surface area contributed by atoms with Gasteiger partial charge in [-0.25, -0.2) is 8.78 Å². The van der Waals surface area contributed by atoms with Gasteiger partial charge in [0.15, 0.2) is 5.78 Å². The minimum Gasteiger partial charge on any atom is -0.378 e. The summed E-state index contributed by atoms with van der Waals surface area (Å²) in [5.74, 6) is -2.03. The molecule has 0 spiro atoms. The Balaban J connectivity index is 1.50. The van der Waals surface area contributed by atoms with Crippen LogP contribution in [0.5, 0.6) is 0 Å². The molecular formula is C35H31F5N2O. The van der Waals surface area contributed by atoms with Gasteiger partial charge in [0, 0.05) is 41.2 Å². The lowest BCUT2D eigenvalue weighted by atomic mass is 9.69. The number of halogens is 5. The highest BCUT2D eigenvalue weighted by atomic mass is 19.4. The van der Waals surface area contributed by atoms with Crippen LogP contribution in [0.3, 0.4) is 0 Å². The molecule has 0 radical (unpaired) electrons. The van der Waals surface area contributed by atoms with E-state index in [4.69, 9.17) is 5.73 Å². The summed E-state index contributed by atoms with van der Waals surface area (Å²) < 4.78 is 69.3. The lowest BCUT2D eigenvalue weighted by Crippen LogP contribution is -2.49. The number of carbonyl (C=O) groups is 1. The summed E-state index contributed by atoms with van der Waals surface area (Å²) >= 11 is 0. The average molecular weight is 591 g/mol. The zero-order valence-electron chi connectivity index (χ0n) is 23.6. The summed E-state index contributed by atoms with van der Waals surface area (Å²) in [7, 11) is 0. The summed E-state index contributed by atoms with van der Waals surface area (Å²) in [6.45, 7) is 4.05. The Morgan fingerprint density at radius 1 is 0.907 bits per heavy atom. The maximum absolute atomic E-state index is 15.6. The Labute approximate surface area is 246 Å². The Kier molecular flexibility index (Phi) is 7.16. The number of ketones is 1. The van der Waals surface area contributed by atoms with Crippen molar-refractivity contribution in [3.05, 3.63) is 125 Å². The van der Waals surface area contributed by atoms with E-state index in [-0.39, 0.29) is 29.1 Å². The predicted octanol–water partition coefficient (Wildman–Crippen LogP) is 8.77. The lowest BCUT2D eigenvalue weighted by molar-refractivity contribution is -0.137. The molecule has 4 aromatic rings. The van der Waals surface area contributed by atoms with E-state index in [1.54, 1.807) is 18.2 Å². The van der Waals surface area contributed by atoms with Gasteiger partial charge >= 0.3 is 6.18 Å². The van der Waals surface area contributed by atoms with Crippen molar-refractivity contribution < 1.29 is 26.7 Å². The van der Waals surface area contributed by atoms with Crippen molar-refractivity contribution in [1.29, 1.82) is 0 Å². The summed E-state index contributed by atoms with van der Waals surface area (Å²) in [5, 5.41) is 3.62. The smallest absolute Gasteiger partial charge is 0.378 e. The van der Waals surface area contributed by atoms with E-state index in [2.05, 4.69) is 12.2 Å². The van der Waals surface area contributed by atoms with Crippen LogP contribution in [-0.2, 0) is 6.18 Å². The van der Waals surface area contributed by atoms with Gasteiger partial charge in [-0.05, 0) is 77.3 Å². The normalized spacial score (nSPS) is 24.6. The van der Waals surface area contributed by atoms with E-state index in [1.165, 1.54) is 24.3 Å². The van der Waals surface area contributed by atoms with Crippen molar-refractivity contribution in [2.24, 2.45) is 23.5 Å². The third-order valence-electron chi connectivity index (χ3n) is 9.43. The number of hydrogen-bond acceptors (Lipinski definition) is 3. The minimum atomic E-state index is -4.46. The van der Waals surface area contributed by atoms with Gasteiger partial charge < -0.3 is 11.1 Å². The van der Waals surface area contributed by atoms with Crippen LogP contribution >= 0.6 is 0 Å². The number of hydrogen-bond donors (Lipinski definition) is 2. The van der Waals surface area contributed by atoms with Crippen molar-refractivity contribution in [3.63, 3.8) is 0 Å². The van der Waals surface area contributed by atoms with Gasteiger partial charge in [0.1, 0.15) is 11.6 Å². The van der Waals surface area contributed by atoms with Crippen molar-refractivity contribution >= 4 is 11.5 Å². The Hall–Kier alpha value is -4.04. The van der Waals surface area contributed by atoms with Crippen molar-refractivity contribution in [2.45, 2.75) is 43.9 Å². The zero-order chi connectivity index (χ0) is 30.7. The van der Waals surface area contributed by atoms with Gasteiger partial charge in [-0.3, -0.25) is 4.79 Å². The first kappa shape index (κ1) is 29.1. The number of nitrogens with one attached hydrogen (secondary N) is 1. The second-order valence-electron chi connectivity index (χ2n) is 12.0. The van der Waals surface area contributed by atoms with Crippen LogP contribution in [0.4, 0.5) is 27.6 Å². The highest BCUT2D eigenvalue weighted by Crippen LogP contribution is 2.62. The number of fused-ring (bicyclic) bond motifs is 2. The molecule has 1 aliphatic carbocycles. The summed E-state index contributed by atoms with van der Waals surface area (Å²) in [5.41, 5.74) is 8.47. The van der Waals surface area contributed by atoms with Gasteiger partial charge in [-0.15, -0.1) is 0 Å². The van der Waals surface area contributed by atoms with Crippen LogP contribution in [-0.4, -0.2) is 11.3 Å². The standard InChI is InChI=1S/C35H31F5N2O/c1-19-27-18-30(43)26-14-10-22(20-8-11-23(12-9-20)35(38,39)40)16-29(26)42-34(2,31(19)27)32(25-15-13-24(36)17-28(25)37)33(41)21-6-4-3-5-7-21/h3-17,19,27,31-33,42H,18,41H2,1-2H3. The second kappa shape index (κ2) is 10.6. The molecule has 6 rings (SSSR count). The molecule has 1 fully saturated rings. The number of alkyl halides is 3. The van der Waals surface area contributed by atoms with Crippen LogP contribution in [0, 0.1) is 29.4 Å². The van der Waals surface area contributed by atoms with E-state index < -0.39 is 40.9 Å². The monoisotopic (exact) mass is 590 g/mol. The predicted molar refractivity (Wildman–Crippen MR) is 156 cm³/mol. The third-order valence-corrected chi connectivity index (χ3v) is 9.43. The number of carbonyl (C=O) groups excluding carboxylic acids is 1. The number of nitrogens with two attached hydrogens (primary N) is 1. The first-order chi connectivity index (χ1) is 20.4. The number of benzene rings is 4. The molecule has 1 saturated carbocycles. The van der Waals surface area contributed by atoms with Crippen molar-refractivity contribution in [3.8, 4) is 11.1 Å². The molecule has 6 unspecified atom stereocenters. The first-order valence-electron chi connectivity index (χ1n) is 14.3. The molecule has 6 atom stereocenters. The molecule has 0 bridgehead atoms. The summed E-state index contributed by atoms with van der Waals surface area (Å²) in [6, 6.07) is 22.2. The Morgan fingerprint density at radius 2 is 1.58 bits per heavy atom. The van der Waals surface area contributed by atoms with E-state index in [1.807, 2.05) is 37.3 Å². The van der Waals surface area contributed by atoms with E-state index in [9.17, 15) is 22.4 Å². The van der Waals surface area contributed by atoms with E-state index in [0.717, 1.165) is 23.8 Å². The fourth-order valence-corrected chi connectivity index (χ4v) is 7.26. The molecular weight excluding hydrogens is 559 g/mol. The minimum absolute atomic E-state index is 0.0294. The zero-order valence-corrected chi connectivity index (χ0v) is 23.6. The van der Waals surface area contributed by atoms with Crippen LogP contribution < -0.4 is 11.1 Å². The molecule has 222 valence electrons. The van der Waals surface area contributed by atoms with Crippen LogP contribution in [0.1, 0.15) is 59.3 Å². The highest BCUT2D eigenvalue weighted by molar-refractivity contribution is 6.03. The SMILES string of the molecule is CC1C2CC(=O)c3ccc(-c4ccc(C(F)(F)F)cc4)cc3NC(C)(C(c3ccc(F)cc3F)C(N)c3ccccc3)C12. The average Bonchev–Trinajstić information content (AvgIpc) is 3.62. The third kappa shape index (κ3) is 5.22. The molecule has 4 aromatic carbocycles. The second-order valence-corrected chi connectivity index (χ2v) is 12.0. The van der Waals surface area contributed by atoms with Gasteiger partial charge in [0.25, 0.3) is 0 Å². The Morgan fingerprint density at radius 3 is 2.23 bits per heavy atom. The number of anilines is 1. The molecule has 1 aliphatic heterocycles. The van der Waals surface area contributed by atoms with E-state index >= 15 is 4.39 Å². The largest absolute Gasteiger partial charge is 0.416 e. The van der Waals surface area contributed by atoms with Crippen molar-refractivity contribution in [2.75, 3.05) is 5.32 Å². The highest BCUT2D eigenvalue weighted by Gasteiger charge is 2.62. The topological polar surface area (TPSA) is 55.1 Å². The maximum atomic E-state index is 15.6. The quantitative estimate of drug-likeness (QED) is 0.229. The number of Topliss-reactive ketones (excluding diaryl/α,β-unsaturated/α-hetero) is 1. The van der Waals surface area contributed by atoms with Crippen LogP contribution in [0.2, 0.25) is 0 Å². The van der Waals surface area contributed by atoms with Gasteiger partial charge in [-0.1, -0.05) is 61.5 Å². The fraction of sp³-hybridized carbons (Fsp3) is 0.286. The molecule has 3 N–H and O–H groups in total. The van der Waals surface area contributed by atoms with Crippen molar-refractivity contribution in [1.82, 2.24) is 0 Å². The molecule has 8 heteroatoms. The van der Waals surface area contributed by atoms with E-state index in [0.29, 0.717) is 28.8 Å².